The van der Waals surface area contributed by atoms with Crippen molar-refractivity contribution in [1.82, 2.24) is 4.90 Å². The standard InChI is InChI=1S/C16H30BrNO/c1-3-15(4-2)18(13-12-17)16(19)11-10-14-8-6-5-7-9-14/h14-15H,3-13H2,1-2H3. The van der Waals surface area contributed by atoms with E-state index in [1.807, 2.05) is 0 Å². The topological polar surface area (TPSA) is 20.3 Å². The van der Waals surface area contributed by atoms with Crippen LogP contribution in [0.4, 0.5) is 0 Å². The van der Waals surface area contributed by atoms with Gasteiger partial charge in [-0.1, -0.05) is 61.9 Å². The molecule has 1 saturated carbocycles. The molecule has 3 heteroatoms. The van der Waals surface area contributed by atoms with Crippen LogP contribution in [-0.2, 0) is 4.79 Å². The molecule has 0 saturated heterocycles. The fraction of sp³-hybridized carbons (Fsp3) is 0.938. The highest BCUT2D eigenvalue weighted by Crippen LogP contribution is 2.27. The summed E-state index contributed by atoms with van der Waals surface area (Å²) in [5.41, 5.74) is 0. The molecule has 1 fully saturated rings. The molecule has 19 heavy (non-hydrogen) atoms. The number of hydrogen-bond acceptors (Lipinski definition) is 1. The SMILES string of the molecule is CCC(CC)N(CCBr)C(=O)CCC1CCCCC1. The van der Waals surface area contributed by atoms with Crippen molar-refractivity contribution in [3.63, 3.8) is 0 Å². The summed E-state index contributed by atoms with van der Waals surface area (Å²) in [5, 5.41) is 0.888. The van der Waals surface area contributed by atoms with Crippen LogP contribution in [0.25, 0.3) is 0 Å². The quantitative estimate of drug-likeness (QED) is 0.587. The van der Waals surface area contributed by atoms with Crippen LogP contribution >= 0.6 is 15.9 Å². The van der Waals surface area contributed by atoms with Crippen molar-refractivity contribution in [1.29, 1.82) is 0 Å². The number of carbonyl (C=O) groups is 1. The molecule has 0 aromatic rings. The number of rotatable bonds is 8. The van der Waals surface area contributed by atoms with Crippen LogP contribution in [0, 0.1) is 5.92 Å². The molecule has 0 unspecified atom stereocenters. The third kappa shape index (κ3) is 5.85. The lowest BCUT2D eigenvalue weighted by Gasteiger charge is -2.31. The van der Waals surface area contributed by atoms with E-state index in [-0.39, 0.29) is 0 Å². The van der Waals surface area contributed by atoms with Crippen LogP contribution < -0.4 is 0 Å². The van der Waals surface area contributed by atoms with Crippen LogP contribution in [0.15, 0.2) is 0 Å². The zero-order valence-electron chi connectivity index (χ0n) is 12.7. The normalized spacial score (nSPS) is 16.8. The molecule has 1 amide bonds. The summed E-state index contributed by atoms with van der Waals surface area (Å²) in [4.78, 5) is 14.5. The zero-order chi connectivity index (χ0) is 14.1. The first-order chi connectivity index (χ1) is 9.22. The second-order valence-corrected chi connectivity index (χ2v) is 6.58. The van der Waals surface area contributed by atoms with Gasteiger partial charge in [-0.05, 0) is 25.2 Å². The Kier molecular flexibility index (Phi) is 8.76. The van der Waals surface area contributed by atoms with Gasteiger partial charge in [0.25, 0.3) is 0 Å². The second kappa shape index (κ2) is 9.79. The molecule has 1 rings (SSSR count). The molecule has 0 atom stereocenters. The Morgan fingerprint density at radius 3 is 2.37 bits per heavy atom. The Labute approximate surface area is 127 Å². The average molecular weight is 332 g/mol. The van der Waals surface area contributed by atoms with Gasteiger partial charge in [-0.15, -0.1) is 0 Å². The maximum Gasteiger partial charge on any atom is 0.222 e. The largest absolute Gasteiger partial charge is 0.339 e. The van der Waals surface area contributed by atoms with E-state index in [1.54, 1.807) is 0 Å². The zero-order valence-corrected chi connectivity index (χ0v) is 14.3. The van der Waals surface area contributed by atoms with Gasteiger partial charge in [-0.2, -0.15) is 0 Å². The highest BCUT2D eigenvalue weighted by molar-refractivity contribution is 9.09. The molecule has 0 bridgehead atoms. The van der Waals surface area contributed by atoms with Gasteiger partial charge in [-0.25, -0.2) is 0 Å². The van der Waals surface area contributed by atoms with Gasteiger partial charge in [0.2, 0.25) is 5.91 Å². The monoisotopic (exact) mass is 331 g/mol. The van der Waals surface area contributed by atoms with E-state index < -0.39 is 0 Å². The van der Waals surface area contributed by atoms with Crippen molar-refractivity contribution in [2.75, 3.05) is 11.9 Å². The van der Waals surface area contributed by atoms with E-state index in [9.17, 15) is 4.79 Å². The minimum Gasteiger partial charge on any atom is -0.339 e. The summed E-state index contributed by atoms with van der Waals surface area (Å²) in [6.45, 7) is 5.23. The summed E-state index contributed by atoms with van der Waals surface area (Å²) < 4.78 is 0. The molecule has 0 spiro atoms. The average Bonchev–Trinajstić information content (AvgIpc) is 2.46. The molecule has 0 aromatic carbocycles. The molecular formula is C16H30BrNO. The van der Waals surface area contributed by atoms with Crippen LogP contribution in [0.2, 0.25) is 0 Å². The number of hydrogen-bond donors (Lipinski definition) is 0. The summed E-state index contributed by atoms with van der Waals surface area (Å²) in [7, 11) is 0. The summed E-state index contributed by atoms with van der Waals surface area (Å²) in [5.74, 6) is 1.18. The van der Waals surface area contributed by atoms with Crippen molar-refractivity contribution in [2.24, 2.45) is 5.92 Å². The maximum atomic E-state index is 12.4. The predicted octanol–water partition coefficient (Wildman–Crippen LogP) is 4.76. The number of halogens is 1. The summed E-state index contributed by atoms with van der Waals surface area (Å²) >= 11 is 3.48. The molecule has 0 radical (unpaired) electrons. The Morgan fingerprint density at radius 1 is 1.21 bits per heavy atom. The van der Waals surface area contributed by atoms with Gasteiger partial charge in [0, 0.05) is 24.3 Å². The smallest absolute Gasteiger partial charge is 0.222 e. The van der Waals surface area contributed by atoms with E-state index in [0.29, 0.717) is 11.9 Å². The summed E-state index contributed by atoms with van der Waals surface area (Å²) in [6.07, 6.45) is 10.8. The lowest BCUT2D eigenvalue weighted by molar-refractivity contribution is -0.133. The first-order valence-corrected chi connectivity index (χ1v) is 9.20. The molecule has 0 aliphatic heterocycles. The van der Waals surface area contributed by atoms with E-state index in [0.717, 1.165) is 43.5 Å². The molecule has 1 aliphatic carbocycles. The van der Waals surface area contributed by atoms with Crippen molar-refractivity contribution in [2.45, 2.75) is 77.7 Å². The number of amides is 1. The van der Waals surface area contributed by atoms with Crippen LogP contribution in [0.1, 0.15) is 71.6 Å². The van der Waals surface area contributed by atoms with Gasteiger partial charge in [-0.3, -0.25) is 4.79 Å². The highest BCUT2D eigenvalue weighted by Gasteiger charge is 2.22. The first kappa shape index (κ1) is 17.0. The number of alkyl halides is 1. The lowest BCUT2D eigenvalue weighted by Crippen LogP contribution is -2.41. The maximum absolute atomic E-state index is 12.4. The van der Waals surface area contributed by atoms with E-state index in [1.165, 1.54) is 32.1 Å². The first-order valence-electron chi connectivity index (χ1n) is 8.08. The van der Waals surface area contributed by atoms with Gasteiger partial charge >= 0.3 is 0 Å². The van der Waals surface area contributed by atoms with E-state index in [4.69, 9.17) is 0 Å². The third-order valence-electron chi connectivity index (χ3n) is 4.52. The molecule has 0 N–H and O–H groups in total. The van der Waals surface area contributed by atoms with Crippen molar-refractivity contribution < 1.29 is 4.79 Å². The second-order valence-electron chi connectivity index (χ2n) is 5.79. The Morgan fingerprint density at radius 2 is 1.84 bits per heavy atom. The van der Waals surface area contributed by atoms with E-state index in [2.05, 4.69) is 34.7 Å². The Bertz CT molecular complexity index is 247. The fourth-order valence-electron chi connectivity index (χ4n) is 3.28. The van der Waals surface area contributed by atoms with Crippen molar-refractivity contribution in [3.05, 3.63) is 0 Å². The van der Waals surface area contributed by atoms with Crippen LogP contribution in [0.5, 0.6) is 0 Å². The van der Waals surface area contributed by atoms with Crippen LogP contribution in [0.3, 0.4) is 0 Å². The van der Waals surface area contributed by atoms with Gasteiger partial charge < -0.3 is 4.90 Å². The van der Waals surface area contributed by atoms with Gasteiger partial charge in [0.05, 0.1) is 0 Å². The van der Waals surface area contributed by atoms with Crippen molar-refractivity contribution >= 4 is 21.8 Å². The minimum absolute atomic E-state index is 0.374. The molecule has 2 nitrogen and oxygen atoms in total. The molecule has 0 heterocycles. The van der Waals surface area contributed by atoms with Gasteiger partial charge in [0.15, 0.2) is 0 Å². The Hall–Kier alpha value is -0.0500. The van der Waals surface area contributed by atoms with Crippen LogP contribution in [-0.4, -0.2) is 28.7 Å². The lowest BCUT2D eigenvalue weighted by atomic mass is 9.86. The molecule has 1 aliphatic rings. The molecule has 112 valence electrons. The number of carbonyl (C=O) groups excluding carboxylic acids is 1. The minimum atomic E-state index is 0.374. The number of nitrogens with zero attached hydrogens (tertiary/aromatic N) is 1. The van der Waals surface area contributed by atoms with E-state index >= 15 is 0 Å². The Balaban J connectivity index is 2.41. The predicted molar refractivity (Wildman–Crippen MR) is 85.7 cm³/mol. The highest BCUT2D eigenvalue weighted by atomic mass is 79.9. The fourth-order valence-corrected chi connectivity index (χ4v) is 3.66. The molecule has 0 aromatic heterocycles. The third-order valence-corrected chi connectivity index (χ3v) is 4.87. The summed E-state index contributed by atoms with van der Waals surface area (Å²) in [6, 6.07) is 0.427. The van der Waals surface area contributed by atoms with Gasteiger partial charge in [0.1, 0.15) is 0 Å². The van der Waals surface area contributed by atoms with Crippen molar-refractivity contribution in [3.8, 4) is 0 Å². The molecular weight excluding hydrogens is 302 g/mol.